The lowest BCUT2D eigenvalue weighted by atomic mass is 10.1. The third kappa shape index (κ3) is 5.12. The molecule has 92 valence electrons. The Morgan fingerprint density at radius 1 is 1.35 bits per heavy atom. The molecule has 1 rings (SSSR count). The molecule has 0 saturated carbocycles. The van der Waals surface area contributed by atoms with Gasteiger partial charge in [-0.05, 0) is 19.4 Å². The molecule has 0 radical (unpaired) electrons. The van der Waals surface area contributed by atoms with Gasteiger partial charge in [-0.2, -0.15) is 5.10 Å². The van der Waals surface area contributed by atoms with Crippen molar-refractivity contribution < 1.29 is 4.74 Å². The minimum atomic E-state index is -0.0582. The Morgan fingerprint density at radius 2 is 2.06 bits per heavy atom. The lowest BCUT2D eigenvalue weighted by molar-refractivity contribution is 0.0656. The number of nitrogens with zero attached hydrogens (tertiary/aromatic N) is 2. The van der Waals surface area contributed by atoms with E-state index < -0.39 is 0 Å². The molecule has 5 heteroatoms. The van der Waals surface area contributed by atoms with Crippen LogP contribution in [0.5, 0.6) is 0 Å². The lowest BCUT2D eigenvalue weighted by Gasteiger charge is -2.09. The number of hydrogen-bond acceptors (Lipinski definition) is 3. The van der Waals surface area contributed by atoms with Crippen LogP contribution in [0.1, 0.15) is 25.0 Å². The molecule has 4 N–H and O–H groups in total. The van der Waals surface area contributed by atoms with Crippen LogP contribution in [0.25, 0.3) is 0 Å². The van der Waals surface area contributed by atoms with Crippen LogP contribution < -0.4 is 11.5 Å². The van der Waals surface area contributed by atoms with E-state index in [1.807, 2.05) is 38.1 Å². The van der Waals surface area contributed by atoms with Crippen LogP contribution in [0.4, 0.5) is 0 Å². The normalized spacial score (nSPS) is 11.0. The number of benzene rings is 1. The molecule has 0 heterocycles. The van der Waals surface area contributed by atoms with E-state index in [-0.39, 0.29) is 12.1 Å². The molecule has 1 aromatic rings. The molecule has 5 nitrogen and oxygen atoms in total. The highest BCUT2D eigenvalue weighted by Crippen LogP contribution is 2.09. The molecule has 0 aromatic heterocycles. The molecule has 0 unspecified atom stereocenters. The van der Waals surface area contributed by atoms with Gasteiger partial charge in [0.2, 0.25) is 5.96 Å². The van der Waals surface area contributed by atoms with E-state index in [1.165, 1.54) is 0 Å². The summed E-state index contributed by atoms with van der Waals surface area (Å²) in [5.41, 5.74) is 12.4. The molecule has 0 aliphatic heterocycles. The van der Waals surface area contributed by atoms with Crippen LogP contribution in [-0.4, -0.2) is 18.3 Å². The molecule has 0 saturated heterocycles. The highest BCUT2D eigenvalue weighted by Gasteiger charge is 2.00. The zero-order chi connectivity index (χ0) is 12.7. The predicted molar refractivity (Wildman–Crippen MR) is 69.8 cm³/mol. The van der Waals surface area contributed by atoms with Crippen LogP contribution >= 0.6 is 0 Å². The molecule has 17 heavy (non-hydrogen) atoms. The summed E-state index contributed by atoms with van der Waals surface area (Å²) in [5.74, 6) is -0.0582. The van der Waals surface area contributed by atoms with Crippen molar-refractivity contribution in [3.8, 4) is 0 Å². The second-order valence-electron chi connectivity index (χ2n) is 3.83. The van der Waals surface area contributed by atoms with Gasteiger partial charge in [0.25, 0.3) is 0 Å². The Bertz CT molecular complexity index is 409. The largest absolute Gasteiger partial charge is 0.374 e. The van der Waals surface area contributed by atoms with Crippen molar-refractivity contribution in [1.82, 2.24) is 0 Å². The van der Waals surface area contributed by atoms with Crippen molar-refractivity contribution in [2.45, 2.75) is 26.6 Å². The van der Waals surface area contributed by atoms with Gasteiger partial charge in [-0.25, -0.2) is 0 Å². The van der Waals surface area contributed by atoms with Gasteiger partial charge in [0.15, 0.2) is 0 Å². The molecule has 0 aliphatic carbocycles. The summed E-state index contributed by atoms with van der Waals surface area (Å²) in [5, 5.41) is 7.34. The Morgan fingerprint density at radius 3 is 2.71 bits per heavy atom. The van der Waals surface area contributed by atoms with Crippen molar-refractivity contribution in [3.63, 3.8) is 0 Å². The number of rotatable bonds is 5. The van der Waals surface area contributed by atoms with E-state index in [9.17, 15) is 0 Å². The number of nitrogens with two attached hydrogens (primary N) is 2. The van der Waals surface area contributed by atoms with Gasteiger partial charge in [-0.3, -0.25) is 0 Å². The van der Waals surface area contributed by atoms with E-state index in [1.54, 1.807) is 6.21 Å². The van der Waals surface area contributed by atoms with Gasteiger partial charge >= 0.3 is 0 Å². The standard InChI is InChI=1S/C12H18N4O/c1-9(2)17-8-11-6-4-3-5-10(11)7-15-16-12(13)14/h3-7,9H,8H2,1-2H3,(H4,13,14,16). The number of hydrogen-bond donors (Lipinski definition) is 2. The van der Waals surface area contributed by atoms with Crippen LogP contribution in [0.3, 0.4) is 0 Å². The first kappa shape index (κ1) is 13.2. The molecule has 0 amide bonds. The average Bonchev–Trinajstić information content (AvgIpc) is 2.27. The molecule has 1 aromatic carbocycles. The molecule has 0 fully saturated rings. The zero-order valence-corrected chi connectivity index (χ0v) is 10.1. The summed E-state index contributed by atoms with van der Waals surface area (Å²) in [7, 11) is 0. The first-order valence-electron chi connectivity index (χ1n) is 5.41. The van der Waals surface area contributed by atoms with Crippen LogP contribution in [0.15, 0.2) is 34.5 Å². The van der Waals surface area contributed by atoms with Crippen LogP contribution in [-0.2, 0) is 11.3 Å². The second-order valence-corrected chi connectivity index (χ2v) is 3.83. The molecular weight excluding hydrogens is 216 g/mol. The van der Waals surface area contributed by atoms with Gasteiger partial charge in [-0.1, -0.05) is 24.3 Å². The van der Waals surface area contributed by atoms with Crippen LogP contribution in [0, 0.1) is 0 Å². The number of ether oxygens (including phenoxy) is 1. The zero-order valence-electron chi connectivity index (χ0n) is 10.1. The summed E-state index contributed by atoms with van der Waals surface area (Å²) in [6.07, 6.45) is 1.80. The van der Waals surface area contributed by atoms with Gasteiger partial charge in [0, 0.05) is 5.56 Å². The minimum absolute atomic E-state index is 0.0582. The topological polar surface area (TPSA) is 86.0 Å². The fourth-order valence-electron chi connectivity index (χ4n) is 1.21. The third-order valence-electron chi connectivity index (χ3n) is 2.00. The highest BCUT2D eigenvalue weighted by atomic mass is 16.5. The summed E-state index contributed by atoms with van der Waals surface area (Å²) >= 11 is 0. The molecule has 0 atom stereocenters. The second kappa shape index (κ2) is 6.65. The summed E-state index contributed by atoms with van der Waals surface area (Å²) in [4.78, 5) is 0. The fraction of sp³-hybridized carbons (Fsp3) is 0.333. The Hall–Kier alpha value is -1.88. The first-order chi connectivity index (χ1) is 8.09. The quantitative estimate of drug-likeness (QED) is 0.456. The summed E-state index contributed by atoms with van der Waals surface area (Å²) in [6, 6.07) is 7.80. The summed E-state index contributed by atoms with van der Waals surface area (Å²) < 4.78 is 5.55. The maximum Gasteiger partial charge on any atom is 0.211 e. The molecule has 0 spiro atoms. The van der Waals surface area contributed by atoms with Crippen molar-refractivity contribution in [2.75, 3.05) is 0 Å². The SMILES string of the molecule is CC(C)OCc1ccccc1C=NN=C(N)N. The van der Waals surface area contributed by atoms with Crippen molar-refractivity contribution >= 4 is 12.2 Å². The van der Waals surface area contributed by atoms with Crippen molar-refractivity contribution in [1.29, 1.82) is 0 Å². The first-order valence-corrected chi connectivity index (χ1v) is 5.41. The highest BCUT2D eigenvalue weighted by molar-refractivity contribution is 5.83. The molecule has 0 bridgehead atoms. The van der Waals surface area contributed by atoms with E-state index in [0.717, 1.165) is 11.1 Å². The maximum absolute atomic E-state index is 5.55. The van der Waals surface area contributed by atoms with E-state index in [2.05, 4.69) is 10.2 Å². The van der Waals surface area contributed by atoms with Gasteiger partial charge in [-0.15, -0.1) is 5.10 Å². The Kier molecular flexibility index (Phi) is 5.16. The molecule has 0 aliphatic rings. The third-order valence-corrected chi connectivity index (χ3v) is 2.00. The smallest absolute Gasteiger partial charge is 0.211 e. The minimum Gasteiger partial charge on any atom is -0.374 e. The maximum atomic E-state index is 5.55. The van der Waals surface area contributed by atoms with Gasteiger partial charge in [0.1, 0.15) is 0 Å². The van der Waals surface area contributed by atoms with E-state index in [4.69, 9.17) is 16.2 Å². The van der Waals surface area contributed by atoms with Crippen LogP contribution in [0.2, 0.25) is 0 Å². The monoisotopic (exact) mass is 234 g/mol. The van der Waals surface area contributed by atoms with E-state index >= 15 is 0 Å². The van der Waals surface area contributed by atoms with E-state index in [0.29, 0.717) is 6.61 Å². The predicted octanol–water partition coefficient (Wildman–Crippen LogP) is 1.22. The van der Waals surface area contributed by atoms with Crippen molar-refractivity contribution in [2.24, 2.45) is 21.7 Å². The Labute approximate surface area is 101 Å². The average molecular weight is 234 g/mol. The van der Waals surface area contributed by atoms with Crippen molar-refractivity contribution in [3.05, 3.63) is 35.4 Å². The van der Waals surface area contributed by atoms with Gasteiger partial charge < -0.3 is 16.2 Å². The summed E-state index contributed by atoms with van der Waals surface area (Å²) in [6.45, 7) is 4.54. The Balaban J connectivity index is 2.77. The fourth-order valence-corrected chi connectivity index (χ4v) is 1.21. The number of guanidine groups is 1. The van der Waals surface area contributed by atoms with Gasteiger partial charge in [0.05, 0.1) is 18.9 Å². The molecular formula is C12H18N4O. The lowest BCUT2D eigenvalue weighted by Crippen LogP contribution is -2.21.